The summed E-state index contributed by atoms with van der Waals surface area (Å²) in [6, 6.07) is 6.12. The third kappa shape index (κ3) is 4.66. The molecule has 30 heavy (non-hydrogen) atoms. The van der Waals surface area contributed by atoms with E-state index in [2.05, 4.69) is 21.1 Å². The van der Waals surface area contributed by atoms with E-state index in [1.54, 1.807) is 32.3 Å². The summed E-state index contributed by atoms with van der Waals surface area (Å²) in [5.74, 6) is 0.720. The van der Waals surface area contributed by atoms with Crippen LogP contribution in [0.25, 0.3) is 0 Å². The number of rotatable bonds is 7. The first-order chi connectivity index (χ1) is 14.3. The molecule has 0 amide bonds. The molecule has 1 aromatic carbocycles. The van der Waals surface area contributed by atoms with Gasteiger partial charge in [-0.25, -0.2) is 19.0 Å². The van der Waals surface area contributed by atoms with E-state index in [9.17, 15) is 9.65 Å². The Morgan fingerprint density at radius 3 is 2.47 bits per heavy atom. The molecular formula is C21H23FN6O2. The summed E-state index contributed by atoms with van der Waals surface area (Å²) in [5, 5.41) is 13.9. The van der Waals surface area contributed by atoms with E-state index in [1.165, 1.54) is 16.8 Å². The number of nitrogen functional groups attached to an aromatic ring is 1. The average Bonchev–Trinajstić information content (AvgIpc) is 3.04. The van der Waals surface area contributed by atoms with E-state index in [1.807, 2.05) is 13.8 Å². The molecule has 2 aromatic heterocycles. The lowest BCUT2D eigenvalue weighted by Crippen LogP contribution is -2.16. The van der Waals surface area contributed by atoms with Gasteiger partial charge in [-0.2, -0.15) is 10.4 Å². The van der Waals surface area contributed by atoms with Crippen LogP contribution in [0.2, 0.25) is 0 Å². The maximum atomic E-state index is 14.1. The molecule has 1 unspecified atom stereocenters. The second-order valence-electron chi connectivity index (χ2n) is 7.13. The smallest absolute Gasteiger partial charge is 0.190 e. The fraction of sp³-hybridized carbons (Fsp3) is 0.333. The lowest BCUT2D eigenvalue weighted by Gasteiger charge is -2.17. The van der Waals surface area contributed by atoms with Gasteiger partial charge in [0.25, 0.3) is 0 Å². The molecule has 0 spiro atoms. The summed E-state index contributed by atoms with van der Waals surface area (Å²) in [4.78, 5) is 8.20. The Balaban J connectivity index is 1.77. The van der Waals surface area contributed by atoms with E-state index in [4.69, 9.17) is 15.2 Å². The molecule has 3 rings (SSSR count). The average molecular weight is 410 g/mol. The molecule has 2 heterocycles. The summed E-state index contributed by atoms with van der Waals surface area (Å²) in [7, 11) is 0. The Labute approximate surface area is 174 Å². The van der Waals surface area contributed by atoms with Crippen molar-refractivity contribution in [3.05, 3.63) is 59.2 Å². The van der Waals surface area contributed by atoms with E-state index in [0.717, 1.165) is 5.56 Å². The number of nitrogens with two attached hydrogens (primary N) is 1. The fourth-order valence-corrected chi connectivity index (χ4v) is 2.86. The van der Waals surface area contributed by atoms with Gasteiger partial charge in [0.05, 0.1) is 11.4 Å². The number of hydrogen-bond donors (Lipinski definition) is 1. The normalized spacial score (nSPS) is 11.9. The predicted octanol–water partition coefficient (Wildman–Crippen LogP) is 3.87. The van der Waals surface area contributed by atoms with Gasteiger partial charge in [0.2, 0.25) is 0 Å². The predicted molar refractivity (Wildman–Crippen MR) is 108 cm³/mol. The highest BCUT2D eigenvalue weighted by Gasteiger charge is 2.22. The van der Waals surface area contributed by atoms with Gasteiger partial charge in [-0.3, -0.25) is 0 Å². The SMILES string of the molecule is Cc1ncc(COc2cc(F)cc(OC(C)n3nc(C(C)C)c(N)c3C#N)c2)cn1. The first-order valence-electron chi connectivity index (χ1n) is 9.44. The van der Waals surface area contributed by atoms with Crippen molar-refractivity contribution in [3.63, 3.8) is 0 Å². The zero-order chi connectivity index (χ0) is 21.8. The van der Waals surface area contributed by atoms with Crippen molar-refractivity contribution >= 4 is 5.69 Å². The Kier molecular flexibility index (Phi) is 6.16. The fourth-order valence-electron chi connectivity index (χ4n) is 2.86. The van der Waals surface area contributed by atoms with Crippen LogP contribution < -0.4 is 15.2 Å². The first-order valence-corrected chi connectivity index (χ1v) is 9.44. The van der Waals surface area contributed by atoms with Crippen molar-refractivity contribution in [2.45, 2.75) is 46.4 Å². The Bertz CT molecular complexity index is 1070. The molecule has 0 aliphatic heterocycles. The standard InChI is InChI=1S/C21H23FN6O2/c1-12(2)21-20(24)19(8-23)28(27-21)14(4)30-18-6-16(22)5-17(7-18)29-11-15-9-25-13(3)26-10-15/h5-7,9-10,12,14H,11,24H2,1-4H3. The summed E-state index contributed by atoms with van der Waals surface area (Å²) in [6.07, 6.45) is 2.62. The molecule has 9 heteroatoms. The third-order valence-electron chi connectivity index (χ3n) is 4.36. The second kappa shape index (κ2) is 8.78. The van der Waals surface area contributed by atoms with Gasteiger partial charge >= 0.3 is 0 Å². The van der Waals surface area contributed by atoms with Crippen molar-refractivity contribution in [2.75, 3.05) is 5.73 Å². The van der Waals surface area contributed by atoms with E-state index in [0.29, 0.717) is 23.0 Å². The zero-order valence-electron chi connectivity index (χ0n) is 17.3. The van der Waals surface area contributed by atoms with Crippen molar-refractivity contribution in [3.8, 4) is 17.6 Å². The van der Waals surface area contributed by atoms with Gasteiger partial charge in [0.15, 0.2) is 11.9 Å². The van der Waals surface area contributed by atoms with E-state index < -0.39 is 12.0 Å². The van der Waals surface area contributed by atoms with Gasteiger partial charge in [-0.05, 0) is 19.8 Å². The molecule has 0 radical (unpaired) electrons. The van der Waals surface area contributed by atoms with Crippen LogP contribution >= 0.6 is 0 Å². The van der Waals surface area contributed by atoms with Crippen molar-refractivity contribution in [2.24, 2.45) is 0 Å². The van der Waals surface area contributed by atoms with Crippen LogP contribution in [0.5, 0.6) is 11.5 Å². The molecule has 8 nitrogen and oxygen atoms in total. The van der Waals surface area contributed by atoms with E-state index >= 15 is 0 Å². The van der Waals surface area contributed by atoms with Gasteiger partial charge in [-0.1, -0.05) is 13.8 Å². The Morgan fingerprint density at radius 2 is 1.83 bits per heavy atom. The number of ether oxygens (including phenoxy) is 2. The first kappa shape index (κ1) is 21.0. The summed E-state index contributed by atoms with van der Waals surface area (Å²) < 4.78 is 27.0. The molecule has 156 valence electrons. The van der Waals surface area contributed by atoms with Crippen LogP contribution in [0.4, 0.5) is 10.1 Å². The quantitative estimate of drug-likeness (QED) is 0.629. The number of halogens is 1. The molecule has 2 N–H and O–H groups in total. The summed E-state index contributed by atoms with van der Waals surface area (Å²) in [6.45, 7) is 7.55. The van der Waals surface area contributed by atoms with Crippen LogP contribution in [0.15, 0.2) is 30.6 Å². The maximum Gasteiger partial charge on any atom is 0.190 e. The third-order valence-corrected chi connectivity index (χ3v) is 4.36. The van der Waals surface area contributed by atoms with Gasteiger partial charge in [0, 0.05) is 36.2 Å². The highest BCUT2D eigenvalue weighted by atomic mass is 19.1. The highest BCUT2D eigenvalue weighted by Crippen LogP contribution is 2.29. The summed E-state index contributed by atoms with van der Waals surface area (Å²) >= 11 is 0. The summed E-state index contributed by atoms with van der Waals surface area (Å²) in [5.41, 5.74) is 7.95. The number of benzene rings is 1. The minimum atomic E-state index is -0.686. The monoisotopic (exact) mass is 410 g/mol. The minimum absolute atomic E-state index is 0.0467. The molecule has 0 fully saturated rings. The number of aryl methyl sites for hydroxylation is 1. The molecule has 0 saturated heterocycles. The van der Waals surface area contributed by atoms with E-state index in [-0.39, 0.29) is 24.0 Å². The van der Waals surface area contributed by atoms with Gasteiger partial charge in [0.1, 0.15) is 35.8 Å². The lowest BCUT2D eigenvalue weighted by atomic mass is 10.1. The minimum Gasteiger partial charge on any atom is -0.489 e. The Hall–Kier alpha value is -3.67. The van der Waals surface area contributed by atoms with Crippen LogP contribution in [-0.4, -0.2) is 19.7 Å². The highest BCUT2D eigenvalue weighted by molar-refractivity contribution is 5.55. The van der Waals surface area contributed by atoms with Gasteiger partial charge < -0.3 is 15.2 Å². The van der Waals surface area contributed by atoms with Crippen LogP contribution in [-0.2, 0) is 6.61 Å². The second-order valence-corrected chi connectivity index (χ2v) is 7.13. The van der Waals surface area contributed by atoms with Crippen LogP contribution in [0.3, 0.4) is 0 Å². The van der Waals surface area contributed by atoms with Crippen molar-refractivity contribution in [1.82, 2.24) is 19.7 Å². The van der Waals surface area contributed by atoms with Gasteiger partial charge in [-0.15, -0.1) is 0 Å². The maximum absolute atomic E-state index is 14.1. The number of aromatic nitrogens is 4. The molecule has 0 bridgehead atoms. The Morgan fingerprint density at radius 1 is 1.17 bits per heavy atom. The number of nitriles is 1. The number of nitrogens with zero attached hydrogens (tertiary/aromatic N) is 5. The molecule has 1 atom stereocenters. The molecule has 0 aliphatic carbocycles. The number of hydrogen-bond acceptors (Lipinski definition) is 7. The van der Waals surface area contributed by atoms with Crippen molar-refractivity contribution < 1.29 is 13.9 Å². The van der Waals surface area contributed by atoms with Crippen molar-refractivity contribution in [1.29, 1.82) is 5.26 Å². The largest absolute Gasteiger partial charge is 0.489 e. The number of anilines is 1. The zero-order valence-corrected chi connectivity index (χ0v) is 17.3. The molecule has 0 aliphatic rings. The topological polar surface area (TPSA) is 112 Å². The molecule has 3 aromatic rings. The molecule has 0 saturated carbocycles. The van der Waals surface area contributed by atoms with Crippen LogP contribution in [0.1, 0.15) is 55.7 Å². The van der Waals surface area contributed by atoms with Crippen LogP contribution in [0, 0.1) is 24.1 Å². The lowest BCUT2D eigenvalue weighted by molar-refractivity contribution is 0.135. The molecular weight excluding hydrogens is 387 g/mol.